The van der Waals surface area contributed by atoms with E-state index in [4.69, 9.17) is 0 Å². The fraction of sp³-hybridized carbons (Fsp3) is 0.500. The Kier molecular flexibility index (Phi) is 4.87. The van der Waals surface area contributed by atoms with Gasteiger partial charge in [0.2, 0.25) is 5.91 Å². The van der Waals surface area contributed by atoms with Crippen molar-refractivity contribution in [3.63, 3.8) is 0 Å². The van der Waals surface area contributed by atoms with Crippen LogP contribution in [0.4, 0.5) is 0 Å². The van der Waals surface area contributed by atoms with Gasteiger partial charge in [0.15, 0.2) is 0 Å². The first-order valence-corrected chi connectivity index (χ1v) is 9.12. The van der Waals surface area contributed by atoms with Crippen molar-refractivity contribution in [1.29, 1.82) is 0 Å². The van der Waals surface area contributed by atoms with E-state index in [0.717, 1.165) is 17.4 Å². The molecule has 1 unspecified atom stereocenters. The molecule has 6 heteroatoms. The van der Waals surface area contributed by atoms with Crippen molar-refractivity contribution in [2.45, 2.75) is 37.0 Å². The van der Waals surface area contributed by atoms with Gasteiger partial charge < -0.3 is 5.32 Å². The molecule has 5 nitrogen and oxygen atoms in total. The Bertz CT molecular complexity index is 677. The number of fused-ring (bicyclic) bond motifs is 1. The highest BCUT2D eigenvalue weighted by atomic mass is 32.2. The molecule has 2 aromatic rings. The first-order chi connectivity index (χ1) is 10.7. The number of nitrogens with zero attached hydrogens (tertiary/aromatic N) is 1. The highest BCUT2D eigenvalue weighted by Crippen LogP contribution is 2.22. The maximum Gasteiger partial charge on any atom is 0.233 e. The van der Waals surface area contributed by atoms with Crippen molar-refractivity contribution in [1.82, 2.24) is 15.5 Å². The van der Waals surface area contributed by atoms with E-state index in [0.29, 0.717) is 10.8 Å². The van der Waals surface area contributed by atoms with E-state index in [9.17, 15) is 9.00 Å². The van der Waals surface area contributed by atoms with Gasteiger partial charge in [0, 0.05) is 16.8 Å². The van der Waals surface area contributed by atoms with Crippen LogP contribution in [0.1, 0.15) is 32.1 Å². The highest BCUT2D eigenvalue weighted by molar-refractivity contribution is 7.85. The van der Waals surface area contributed by atoms with Crippen molar-refractivity contribution in [2.75, 3.05) is 12.3 Å². The number of aromatic amines is 1. The Labute approximate surface area is 132 Å². The Morgan fingerprint density at radius 2 is 2.14 bits per heavy atom. The summed E-state index contributed by atoms with van der Waals surface area (Å²) in [6.45, 7) is 0.719. The fourth-order valence-electron chi connectivity index (χ4n) is 2.97. The average molecular weight is 319 g/mol. The number of aromatic nitrogens is 2. The Hall–Kier alpha value is -1.69. The number of carbonyl (C=O) groups excluding carboxylic acids is 1. The molecule has 0 saturated heterocycles. The molecule has 1 aliphatic rings. The molecule has 1 aromatic heterocycles. The van der Waals surface area contributed by atoms with Gasteiger partial charge in [-0.25, -0.2) is 0 Å². The molecule has 118 valence electrons. The number of hydrogen-bond donors (Lipinski definition) is 2. The smallest absolute Gasteiger partial charge is 0.233 e. The minimum absolute atomic E-state index is 0.0239. The van der Waals surface area contributed by atoms with Crippen molar-refractivity contribution in [3.05, 3.63) is 24.4 Å². The second kappa shape index (κ2) is 7.05. The van der Waals surface area contributed by atoms with E-state index < -0.39 is 10.8 Å². The summed E-state index contributed by atoms with van der Waals surface area (Å²) in [6.07, 6.45) is 7.92. The number of rotatable bonds is 5. The molecule has 22 heavy (non-hydrogen) atoms. The second-order valence-electron chi connectivity index (χ2n) is 5.92. The summed E-state index contributed by atoms with van der Waals surface area (Å²) in [4.78, 5) is 12.6. The summed E-state index contributed by atoms with van der Waals surface area (Å²) >= 11 is 0. The average Bonchev–Trinajstić information content (AvgIpc) is 3.01. The standard InChI is InChI=1S/C16H21N3O2S/c20-16(17-9-12-4-2-1-3-5-12)11-22(21)14-6-7-15-13(8-14)10-18-19-15/h6-8,10,12H,1-5,9,11H2,(H,17,20)(H,18,19). The highest BCUT2D eigenvalue weighted by Gasteiger charge is 2.16. The molecule has 2 N–H and O–H groups in total. The molecule has 0 aliphatic heterocycles. The van der Waals surface area contributed by atoms with Crippen LogP contribution in [-0.2, 0) is 15.6 Å². The summed E-state index contributed by atoms with van der Waals surface area (Å²) in [5, 5.41) is 10.6. The third kappa shape index (κ3) is 3.74. The van der Waals surface area contributed by atoms with E-state index in [1.54, 1.807) is 12.3 Å². The van der Waals surface area contributed by atoms with E-state index in [1.165, 1.54) is 32.1 Å². The molecule has 1 aliphatic carbocycles. The lowest BCUT2D eigenvalue weighted by molar-refractivity contribution is -0.118. The van der Waals surface area contributed by atoms with Crippen molar-refractivity contribution in [2.24, 2.45) is 5.92 Å². The largest absolute Gasteiger partial charge is 0.355 e. The Balaban J connectivity index is 1.52. The maximum atomic E-state index is 12.3. The van der Waals surface area contributed by atoms with Crippen LogP contribution < -0.4 is 5.32 Å². The molecule has 0 spiro atoms. The molecular weight excluding hydrogens is 298 g/mol. The fourth-order valence-corrected chi connectivity index (χ4v) is 3.95. The molecule has 1 aromatic carbocycles. The van der Waals surface area contributed by atoms with Gasteiger partial charge in [0.05, 0.1) is 22.5 Å². The van der Waals surface area contributed by atoms with Gasteiger partial charge in [0.25, 0.3) is 0 Å². The van der Waals surface area contributed by atoms with Crippen LogP contribution in [0.5, 0.6) is 0 Å². The molecule has 1 amide bonds. The molecular formula is C16H21N3O2S. The predicted molar refractivity (Wildman–Crippen MR) is 87.0 cm³/mol. The van der Waals surface area contributed by atoms with Gasteiger partial charge in [-0.05, 0) is 37.0 Å². The van der Waals surface area contributed by atoms with Crippen LogP contribution in [0.25, 0.3) is 10.9 Å². The molecule has 1 saturated carbocycles. The van der Waals surface area contributed by atoms with Gasteiger partial charge in [-0.1, -0.05) is 19.3 Å². The molecule has 0 radical (unpaired) electrons. The minimum atomic E-state index is -1.31. The molecule has 1 fully saturated rings. The summed E-state index contributed by atoms with van der Waals surface area (Å²) < 4.78 is 12.3. The second-order valence-corrected chi connectivity index (χ2v) is 7.37. The van der Waals surface area contributed by atoms with Gasteiger partial charge in [-0.15, -0.1) is 0 Å². The maximum absolute atomic E-state index is 12.3. The summed E-state index contributed by atoms with van der Waals surface area (Å²) in [5.41, 5.74) is 0.905. The topological polar surface area (TPSA) is 74.8 Å². The predicted octanol–water partition coefficient (Wildman–Crippen LogP) is 2.37. The van der Waals surface area contributed by atoms with E-state index in [2.05, 4.69) is 15.5 Å². The van der Waals surface area contributed by atoms with Crippen LogP contribution in [0.3, 0.4) is 0 Å². The molecule has 3 rings (SSSR count). The Morgan fingerprint density at radius 3 is 2.95 bits per heavy atom. The van der Waals surface area contributed by atoms with Gasteiger partial charge in [0.1, 0.15) is 5.75 Å². The number of carbonyl (C=O) groups is 1. The first-order valence-electron chi connectivity index (χ1n) is 7.80. The monoisotopic (exact) mass is 319 g/mol. The lowest BCUT2D eigenvalue weighted by Crippen LogP contribution is -2.33. The van der Waals surface area contributed by atoms with E-state index in [1.807, 2.05) is 12.1 Å². The van der Waals surface area contributed by atoms with Gasteiger partial charge in [-0.2, -0.15) is 5.10 Å². The summed E-state index contributed by atoms with van der Waals surface area (Å²) in [7, 11) is -1.31. The molecule has 1 heterocycles. The Morgan fingerprint density at radius 1 is 1.32 bits per heavy atom. The zero-order chi connectivity index (χ0) is 15.4. The van der Waals surface area contributed by atoms with Crippen molar-refractivity contribution in [3.8, 4) is 0 Å². The SMILES string of the molecule is O=C(CS(=O)c1ccc2[nH]ncc2c1)NCC1CCCCC1. The lowest BCUT2D eigenvalue weighted by atomic mass is 9.89. The third-order valence-electron chi connectivity index (χ3n) is 4.25. The van der Waals surface area contributed by atoms with Crippen molar-refractivity contribution >= 4 is 27.6 Å². The normalized spacial score (nSPS) is 17.5. The number of benzene rings is 1. The molecule has 1 atom stereocenters. The van der Waals surface area contributed by atoms with Crippen LogP contribution in [0, 0.1) is 5.92 Å². The van der Waals surface area contributed by atoms with Gasteiger partial charge in [-0.3, -0.25) is 14.1 Å². The van der Waals surface area contributed by atoms with Gasteiger partial charge >= 0.3 is 0 Å². The lowest BCUT2D eigenvalue weighted by Gasteiger charge is -2.21. The number of hydrogen-bond acceptors (Lipinski definition) is 3. The van der Waals surface area contributed by atoms with E-state index in [-0.39, 0.29) is 11.7 Å². The van der Waals surface area contributed by atoms with Crippen LogP contribution in [0.15, 0.2) is 29.3 Å². The molecule has 0 bridgehead atoms. The zero-order valence-corrected chi connectivity index (χ0v) is 13.3. The zero-order valence-electron chi connectivity index (χ0n) is 12.5. The van der Waals surface area contributed by atoms with Crippen LogP contribution in [0.2, 0.25) is 0 Å². The number of amides is 1. The van der Waals surface area contributed by atoms with E-state index >= 15 is 0 Å². The quantitative estimate of drug-likeness (QED) is 0.888. The van der Waals surface area contributed by atoms with Crippen LogP contribution >= 0.6 is 0 Å². The number of nitrogens with one attached hydrogen (secondary N) is 2. The summed E-state index contributed by atoms with van der Waals surface area (Å²) in [6, 6.07) is 5.45. The van der Waals surface area contributed by atoms with Crippen molar-refractivity contribution < 1.29 is 9.00 Å². The van der Waals surface area contributed by atoms with Crippen LogP contribution in [-0.4, -0.2) is 32.6 Å². The number of H-pyrrole nitrogens is 1. The first kappa shape index (κ1) is 15.2. The minimum Gasteiger partial charge on any atom is -0.355 e. The third-order valence-corrected chi connectivity index (χ3v) is 5.55. The summed E-state index contributed by atoms with van der Waals surface area (Å²) in [5.74, 6) is 0.486.